The summed E-state index contributed by atoms with van der Waals surface area (Å²) >= 11 is 0. The van der Waals surface area contributed by atoms with Gasteiger partial charge in [-0.3, -0.25) is 9.59 Å². The van der Waals surface area contributed by atoms with Crippen molar-refractivity contribution in [3.63, 3.8) is 0 Å². The number of H-pyrrole nitrogens is 1. The van der Waals surface area contributed by atoms with Gasteiger partial charge in [0.2, 0.25) is 6.79 Å². The monoisotopic (exact) mass is 469 g/mol. The first-order valence-electron chi connectivity index (χ1n) is 11.0. The molecular weight excluding hydrogens is 446 g/mol. The van der Waals surface area contributed by atoms with Gasteiger partial charge in [-0.05, 0) is 54.1 Å². The second kappa shape index (κ2) is 9.64. The maximum atomic E-state index is 13.2. The van der Waals surface area contributed by atoms with Crippen molar-refractivity contribution in [2.75, 3.05) is 13.9 Å². The number of benzene rings is 3. The molecule has 0 fully saturated rings. The van der Waals surface area contributed by atoms with Gasteiger partial charge in [0.15, 0.2) is 11.5 Å². The molecule has 8 nitrogen and oxygen atoms in total. The summed E-state index contributed by atoms with van der Waals surface area (Å²) in [7, 11) is 1.60. The normalized spacial score (nSPS) is 12.4. The second-order valence-corrected chi connectivity index (χ2v) is 7.90. The Morgan fingerprint density at radius 1 is 1.03 bits per heavy atom. The summed E-state index contributed by atoms with van der Waals surface area (Å²) in [6, 6.07) is 19.8. The number of rotatable bonds is 7. The van der Waals surface area contributed by atoms with Crippen molar-refractivity contribution < 1.29 is 23.8 Å². The van der Waals surface area contributed by atoms with Crippen LogP contribution in [0.1, 0.15) is 21.5 Å². The number of carbonyl (C=O) groups excluding carboxylic acids is 2. The molecule has 3 N–H and O–H groups in total. The predicted molar refractivity (Wildman–Crippen MR) is 131 cm³/mol. The fourth-order valence-electron chi connectivity index (χ4n) is 3.79. The minimum atomic E-state index is -0.427. The van der Waals surface area contributed by atoms with Crippen LogP contribution >= 0.6 is 0 Å². The molecule has 1 aliphatic rings. The second-order valence-electron chi connectivity index (χ2n) is 7.90. The van der Waals surface area contributed by atoms with Crippen LogP contribution in [0.15, 0.2) is 78.6 Å². The molecule has 0 saturated heterocycles. The Bertz CT molecular complexity index is 1430. The van der Waals surface area contributed by atoms with Crippen molar-refractivity contribution in [2.24, 2.45) is 0 Å². The van der Waals surface area contributed by atoms with E-state index >= 15 is 0 Å². The summed E-state index contributed by atoms with van der Waals surface area (Å²) in [5, 5.41) is 6.50. The topological polar surface area (TPSA) is 102 Å². The Morgan fingerprint density at radius 2 is 1.86 bits per heavy atom. The van der Waals surface area contributed by atoms with E-state index in [-0.39, 0.29) is 24.9 Å². The molecule has 0 spiro atoms. The molecule has 1 aromatic heterocycles. The first-order chi connectivity index (χ1) is 17.1. The zero-order valence-electron chi connectivity index (χ0n) is 19.0. The van der Waals surface area contributed by atoms with Gasteiger partial charge in [0.1, 0.15) is 11.4 Å². The number of hydrogen-bond acceptors (Lipinski definition) is 5. The maximum Gasteiger partial charge on any atom is 0.268 e. The van der Waals surface area contributed by atoms with Crippen LogP contribution in [-0.2, 0) is 11.3 Å². The van der Waals surface area contributed by atoms with Gasteiger partial charge in [0.25, 0.3) is 11.8 Å². The molecule has 0 unspecified atom stereocenters. The highest BCUT2D eigenvalue weighted by Crippen LogP contribution is 2.32. The molecule has 4 aromatic rings. The number of aromatic nitrogens is 1. The molecule has 0 atom stereocenters. The van der Waals surface area contributed by atoms with Gasteiger partial charge in [-0.25, -0.2) is 0 Å². The van der Waals surface area contributed by atoms with E-state index in [4.69, 9.17) is 14.2 Å². The van der Waals surface area contributed by atoms with Gasteiger partial charge in [-0.2, -0.15) is 0 Å². The summed E-state index contributed by atoms with van der Waals surface area (Å²) < 4.78 is 16.1. The van der Waals surface area contributed by atoms with Gasteiger partial charge < -0.3 is 29.8 Å². The van der Waals surface area contributed by atoms with E-state index in [2.05, 4.69) is 15.6 Å². The molecular formula is C27H23N3O5. The molecule has 176 valence electrons. The highest BCUT2D eigenvalue weighted by molar-refractivity contribution is 6.06. The first-order valence-corrected chi connectivity index (χ1v) is 11.0. The number of hydrogen-bond donors (Lipinski definition) is 3. The standard InChI is InChI=1S/C27H23N3O5/c1-33-20-8-9-22-21(13-20)19(15-28-22)12-23(30-26(31)18-5-3-2-4-6-18)27(32)29-14-17-7-10-24-25(11-17)35-16-34-24/h2-13,15,28H,14,16H2,1H3,(H,29,32)(H,30,31)/b23-12-. The highest BCUT2D eigenvalue weighted by Gasteiger charge is 2.17. The van der Waals surface area contributed by atoms with Gasteiger partial charge in [-0.15, -0.1) is 0 Å². The minimum absolute atomic E-state index is 0.114. The molecule has 0 bridgehead atoms. The van der Waals surface area contributed by atoms with Crippen molar-refractivity contribution >= 4 is 28.8 Å². The molecule has 35 heavy (non-hydrogen) atoms. The van der Waals surface area contributed by atoms with E-state index < -0.39 is 5.91 Å². The van der Waals surface area contributed by atoms with E-state index in [0.717, 1.165) is 22.0 Å². The third-order valence-electron chi connectivity index (χ3n) is 5.64. The van der Waals surface area contributed by atoms with Crippen LogP contribution in [0, 0.1) is 0 Å². The largest absolute Gasteiger partial charge is 0.497 e. The van der Waals surface area contributed by atoms with Gasteiger partial charge in [-0.1, -0.05) is 24.3 Å². The van der Waals surface area contributed by atoms with Crippen LogP contribution < -0.4 is 24.8 Å². The molecule has 1 aliphatic heterocycles. The minimum Gasteiger partial charge on any atom is -0.497 e. The van der Waals surface area contributed by atoms with Crippen molar-refractivity contribution in [3.8, 4) is 17.2 Å². The number of methoxy groups -OCH3 is 1. The van der Waals surface area contributed by atoms with Crippen LogP contribution in [0.2, 0.25) is 0 Å². The lowest BCUT2D eigenvalue weighted by Gasteiger charge is -2.12. The van der Waals surface area contributed by atoms with Crippen molar-refractivity contribution in [3.05, 3.63) is 95.3 Å². The molecule has 2 heterocycles. The Kier molecular flexibility index (Phi) is 6.09. The Hall–Kier alpha value is -4.72. The zero-order chi connectivity index (χ0) is 24.2. The fraction of sp³-hybridized carbons (Fsp3) is 0.111. The highest BCUT2D eigenvalue weighted by atomic mass is 16.7. The quantitative estimate of drug-likeness (QED) is 0.355. The number of fused-ring (bicyclic) bond motifs is 2. The zero-order valence-corrected chi connectivity index (χ0v) is 19.0. The van der Waals surface area contributed by atoms with E-state index in [1.807, 2.05) is 36.4 Å². The summed E-state index contributed by atoms with van der Waals surface area (Å²) in [5.41, 5.74) is 3.02. The Labute approximate surface area is 201 Å². The number of amides is 2. The average molecular weight is 469 g/mol. The maximum absolute atomic E-state index is 13.2. The molecule has 0 radical (unpaired) electrons. The summed E-state index contributed by atoms with van der Waals surface area (Å²) in [4.78, 5) is 29.3. The third-order valence-corrected chi connectivity index (χ3v) is 5.64. The molecule has 8 heteroatoms. The van der Waals surface area contributed by atoms with Crippen LogP contribution in [-0.4, -0.2) is 30.7 Å². The number of aromatic amines is 1. The van der Waals surface area contributed by atoms with Crippen molar-refractivity contribution in [1.29, 1.82) is 0 Å². The lowest BCUT2D eigenvalue weighted by Crippen LogP contribution is -2.34. The predicted octanol–water partition coefficient (Wildman–Crippen LogP) is 3.99. The third kappa shape index (κ3) is 4.81. The summed E-state index contributed by atoms with van der Waals surface area (Å²) in [6.45, 7) is 0.425. The van der Waals surface area contributed by atoms with E-state index in [1.165, 1.54) is 0 Å². The SMILES string of the molecule is COc1ccc2[nH]cc(/C=C(\NC(=O)c3ccccc3)C(=O)NCc3ccc4c(c3)OCO4)c2c1. The molecule has 2 amide bonds. The number of nitrogens with one attached hydrogen (secondary N) is 3. The van der Waals surface area contributed by atoms with Gasteiger partial charge >= 0.3 is 0 Å². The smallest absolute Gasteiger partial charge is 0.268 e. The fourth-order valence-corrected chi connectivity index (χ4v) is 3.79. The van der Waals surface area contributed by atoms with Crippen LogP contribution in [0.4, 0.5) is 0 Å². The Balaban J connectivity index is 1.42. The van der Waals surface area contributed by atoms with Crippen LogP contribution in [0.3, 0.4) is 0 Å². The van der Waals surface area contributed by atoms with Crippen molar-refractivity contribution in [2.45, 2.75) is 6.54 Å². The molecule has 0 aliphatic carbocycles. The lowest BCUT2D eigenvalue weighted by atomic mass is 10.1. The Morgan fingerprint density at radius 3 is 2.69 bits per heavy atom. The van der Waals surface area contributed by atoms with Gasteiger partial charge in [0, 0.05) is 34.8 Å². The summed E-state index contributed by atoms with van der Waals surface area (Å²) in [5.74, 6) is 1.19. The van der Waals surface area contributed by atoms with Gasteiger partial charge in [0.05, 0.1) is 7.11 Å². The summed E-state index contributed by atoms with van der Waals surface area (Å²) in [6.07, 6.45) is 3.43. The van der Waals surface area contributed by atoms with E-state index in [9.17, 15) is 9.59 Å². The number of ether oxygens (including phenoxy) is 3. The van der Waals surface area contributed by atoms with Crippen LogP contribution in [0.25, 0.3) is 17.0 Å². The van der Waals surface area contributed by atoms with E-state index in [0.29, 0.717) is 22.8 Å². The molecule has 3 aromatic carbocycles. The first kappa shape index (κ1) is 22.1. The lowest BCUT2D eigenvalue weighted by molar-refractivity contribution is -0.117. The number of carbonyl (C=O) groups is 2. The van der Waals surface area contributed by atoms with Crippen LogP contribution in [0.5, 0.6) is 17.2 Å². The van der Waals surface area contributed by atoms with E-state index in [1.54, 1.807) is 49.7 Å². The molecule has 0 saturated carbocycles. The molecule has 5 rings (SSSR count). The average Bonchev–Trinajstić information content (AvgIpc) is 3.53. The van der Waals surface area contributed by atoms with Crippen molar-refractivity contribution in [1.82, 2.24) is 15.6 Å².